The molecule has 0 saturated heterocycles. The molecule has 0 aliphatic rings. The Hall–Kier alpha value is 1.52. The average Bonchev–Trinajstić information content (AvgIpc) is 1.96. The van der Waals surface area contributed by atoms with E-state index in [-0.39, 0.29) is 30.3 Å². The Morgan fingerprint density at radius 1 is 0.900 bits per heavy atom. The Labute approximate surface area is 88.2 Å². The summed E-state index contributed by atoms with van der Waals surface area (Å²) in [7, 11) is 0.137. The predicted octanol–water partition coefficient (Wildman–Crippen LogP) is 2.42. The summed E-state index contributed by atoms with van der Waals surface area (Å²) in [5.74, 6) is 0. The zero-order valence-corrected chi connectivity index (χ0v) is 11.3. The summed E-state index contributed by atoms with van der Waals surface area (Å²) in [6, 6.07) is 0. The molecule has 0 rings (SSSR count). The fourth-order valence-corrected chi connectivity index (χ4v) is 2.25. The van der Waals surface area contributed by atoms with Crippen LogP contribution in [0.1, 0.15) is 20.8 Å². The number of hydrogen-bond acceptors (Lipinski definition) is 1. The molecule has 10 heavy (non-hydrogen) atoms. The molecule has 68 valence electrons. The van der Waals surface area contributed by atoms with Crippen molar-refractivity contribution in [2.24, 2.45) is 0 Å². The van der Waals surface area contributed by atoms with Gasteiger partial charge in [-0.05, 0) is 28.7 Å². The minimum Gasteiger partial charge on any atom is -0.796 e. The summed E-state index contributed by atoms with van der Waals surface area (Å²) in [5, 5.41) is 0. The second kappa shape index (κ2) is 16.9. The molecule has 0 nitrogen and oxygen atoms in total. The maximum Gasteiger partial charge on any atom is 1.00 e. The van der Waals surface area contributed by atoms with Crippen molar-refractivity contribution in [3.05, 3.63) is 0 Å². The quantitative estimate of drug-likeness (QED) is 0.422. The normalized spacial score (nSPS) is 7.80. The SMILES string of the molecule is CC[PH+](CC)CC.C[S-].[Au+]. The van der Waals surface area contributed by atoms with Crippen LogP contribution in [0.5, 0.6) is 0 Å². The van der Waals surface area contributed by atoms with Gasteiger partial charge in [0.15, 0.2) is 0 Å². The van der Waals surface area contributed by atoms with Crippen LogP contribution >= 0.6 is 7.92 Å². The van der Waals surface area contributed by atoms with E-state index in [4.69, 9.17) is 0 Å². The van der Waals surface area contributed by atoms with Crippen molar-refractivity contribution in [2.75, 3.05) is 24.7 Å². The van der Waals surface area contributed by atoms with E-state index in [1.165, 1.54) is 18.5 Å². The fourth-order valence-electron chi connectivity index (χ4n) is 0.750. The Bertz CT molecular complexity index is 35.1. The predicted molar refractivity (Wildman–Crippen MR) is 53.2 cm³/mol. The molecule has 0 saturated carbocycles. The summed E-state index contributed by atoms with van der Waals surface area (Å²) >= 11 is 4.08. The Morgan fingerprint density at radius 3 is 1.10 bits per heavy atom. The molecule has 0 heterocycles. The topological polar surface area (TPSA) is 0 Å². The molecule has 0 spiro atoms. The van der Waals surface area contributed by atoms with Crippen LogP contribution in [0.25, 0.3) is 0 Å². The third-order valence-electron chi connectivity index (χ3n) is 1.50. The van der Waals surface area contributed by atoms with Crippen molar-refractivity contribution in [2.45, 2.75) is 20.8 Å². The van der Waals surface area contributed by atoms with E-state index in [0.29, 0.717) is 0 Å². The van der Waals surface area contributed by atoms with E-state index in [2.05, 4.69) is 33.4 Å². The fraction of sp³-hybridized carbons (Fsp3) is 1.00. The third-order valence-corrected chi connectivity index (χ3v) is 4.50. The van der Waals surface area contributed by atoms with Gasteiger partial charge in [0.05, 0.1) is 18.5 Å². The van der Waals surface area contributed by atoms with Crippen molar-refractivity contribution in [1.82, 2.24) is 0 Å². The molecule has 0 aliphatic carbocycles. The first-order valence-electron chi connectivity index (χ1n) is 3.59. The molecule has 0 aromatic carbocycles. The van der Waals surface area contributed by atoms with Gasteiger partial charge in [0.25, 0.3) is 0 Å². The molecule has 0 aromatic heterocycles. The molecule has 3 heteroatoms. The van der Waals surface area contributed by atoms with Gasteiger partial charge in [0.2, 0.25) is 0 Å². The zero-order chi connectivity index (χ0) is 7.70. The van der Waals surface area contributed by atoms with E-state index in [1.807, 2.05) is 0 Å². The van der Waals surface area contributed by atoms with E-state index < -0.39 is 0 Å². The molecule has 0 N–H and O–H groups in total. The second-order valence-corrected chi connectivity index (χ2v) is 5.43. The Balaban J connectivity index is -0.000000149. The molecule has 0 bridgehead atoms. The summed E-state index contributed by atoms with van der Waals surface area (Å²) in [6.45, 7) is 6.92. The van der Waals surface area contributed by atoms with Gasteiger partial charge in [-0.2, -0.15) is 6.26 Å². The van der Waals surface area contributed by atoms with E-state index in [1.54, 1.807) is 6.26 Å². The van der Waals surface area contributed by atoms with Gasteiger partial charge >= 0.3 is 22.4 Å². The van der Waals surface area contributed by atoms with Crippen molar-refractivity contribution >= 4 is 20.6 Å². The van der Waals surface area contributed by atoms with Crippen LogP contribution in [-0.4, -0.2) is 24.7 Å². The molecule has 0 fully saturated rings. The van der Waals surface area contributed by atoms with Crippen LogP contribution in [0.2, 0.25) is 0 Å². The average molecular weight is 363 g/mol. The smallest absolute Gasteiger partial charge is 0.796 e. The monoisotopic (exact) mass is 363 g/mol. The first-order chi connectivity index (χ1) is 4.35. The maximum absolute atomic E-state index is 4.08. The van der Waals surface area contributed by atoms with Crippen LogP contribution in [0.4, 0.5) is 0 Å². The number of rotatable bonds is 3. The molecule has 0 atom stereocenters. The molecular formula is C7H19AuPS+. The van der Waals surface area contributed by atoms with Gasteiger partial charge in [-0.1, -0.05) is 0 Å². The summed E-state index contributed by atoms with van der Waals surface area (Å²) in [4.78, 5) is 0. The van der Waals surface area contributed by atoms with Gasteiger partial charge in [0.1, 0.15) is 0 Å². The number of hydrogen-bond donors (Lipinski definition) is 0. The first kappa shape index (κ1) is 17.6. The Morgan fingerprint density at radius 2 is 1.10 bits per heavy atom. The van der Waals surface area contributed by atoms with Crippen molar-refractivity contribution in [3.8, 4) is 0 Å². The third kappa shape index (κ3) is 12.2. The molecular weight excluding hydrogens is 344 g/mol. The molecule has 0 radical (unpaired) electrons. The van der Waals surface area contributed by atoms with E-state index in [9.17, 15) is 0 Å². The minimum atomic E-state index is 0. The largest absolute Gasteiger partial charge is 1.00 e. The summed E-state index contributed by atoms with van der Waals surface area (Å²) in [5.41, 5.74) is 0. The van der Waals surface area contributed by atoms with Gasteiger partial charge in [0, 0.05) is 0 Å². The van der Waals surface area contributed by atoms with Crippen molar-refractivity contribution in [3.63, 3.8) is 0 Å². The van der Waals surface area contributed by atoms with Crippen LogP contribution in [0, 0.1) is 0 Å². The first-order valence-corrected chi connectivity index (χ1v) is 6.53. The Kier molecular flexibility index (Phi) is 29.6. The van der Waals surface area contributed by atoms with Crippen LogP contribution in [-0.2, 0) is 35.0 Å². The van der Waals surface area contributed by atoms with Crippen LogP contribution in [0.15, 0.2) is 0 Å². The summed E-state index contributed by atoms with van der Waals surface area (Å²) in [6.07, 6.45) is 5.95. The second-order valence-electron chi connectivity index (χ2n) is 1.81. The van der Waals surface area contributed by atoms with Crippen molar-refractivity contribution < 1.29 is 22.4 Å². The van der Waals surface area contributed by atoms with E-state index in [0.717, 1.165) is 0 Å². The van der Waals surface area contributed by atoms with Crippen molar-refractivity contribution in [1.29, 1.82) is 0 Å². The maximum atomic E-state index is 4.08. The molecule has 0 amide bonds. The van der Waals surface area contributed by atoms with Gasteiger partial charge in [-0.3, -0.25) is 0 Å². The standard InChI is InChI=1S/C6H15P.CH4S.Au/c1-4-7(5-2)6-3;1-2;/h4-6H2,1-3H3;2H,1H3;/q;;+1. The van der Waals surface area contributed by atoms with Gasteiger partial charge in [-0.25, -0.2) is 0 Å². The van der Waals surface area contributed by atoms with Gasteiger partial charge in [-0.15, -0.1) is 0 Å². The van der Waals surface area contributed by atoms with Gasteiger partial charge < -0.3 is 12.6 Å². The van der Waals surface area contributed by atoms with Crippen LogP contribution < -0.4 is 0 Å². The van der Waals surface area contributed by atoms with E-state index >= 15 is 0 Å². The van der Waals surface area contributed by atoms with Crippen LogP contribution in [0.3, 0.4) is 0 Å². The zero-order valence-electron chi connectivity index (χ0n) is 7.33. The molecule has 0 aromatic rings. The summed E-state index contributed by atoms with van der Waals surface area (Å²) < 4.78 is 0. The molecule has 0 unspecified atom stereocenters. The minimum absolute atomic E-state index is 0. The molecule has 0 aliphatic heterocycles.